The molecule has 0 spiro atoms. The third-order valence-electron chi connectivity index (χ3n) is 4.50. The van der Waals surface area contributed by atoms with E-state index in [0.29, 0.717) is 0 Å². The SMILES string of the molecule is Cc1cnc(CN(C)CC2CCN(C)CC2)c(C)c1N. The van der Waals surface area contributed by atoms with E-state index in [2.05, 4.69) is 35.8 Å². The lowest BCUT2D eigenvalue weighted by Gasteiger charge is -2.31. The molecule has 0 saturated carbocycles. The molecule has 0 unspecified atom stereocenters. The van der Waals surface area contributed by atoms with Crippen molar-refractivity contribution in [2.75, 3.05) is 39.5 Å². The first-order valence-electron chi connectivity index (χ1n) is 7.55. The normalized spacial score (nSPS) is 17.9. The molecule has 1 aromatic rings. The minimum absolute atomic E-state index is 0.819. The summed E-state index contributed by atoms with van der Waals surface area (Å²) in [7, 11) is 4.40. The van der Waals surface area contributed by atoms with Gasteiger partial charge in [-0.3, -0.25) is 4.98 Å². The quantitative estimate of drug-likeness (QED) is 0.914. The Morgan fingerprint density at radius 2 is 2.00 bits per heavy atom. The van der Waals surface area contributed by atoms with Gasteiger partial charge in [0.25, 0.3) is 0 Å². The Labute approximate surface area is 123 Å². The molecule has 0 radical (unpaired) electrons. The molecule has 1 saturated heterocycles. The summed E-state index contributed by atoms with van der Waals surface area (Å²) in [6.45, 7) is 8.60. The molecule has 4 heteroatoms. The topological polar surface area (TPSA) is 45.4 Å². The van der Waals surface area contributed by atoms with E-state index in [9.17, 15) is 0 Å². The number of nitrogen functional groups attached to an aromatic ring is 1. The van der Waals surface area contributed by atoms with Crippen LogP contribution in [0.15, 0.2) is 6.20 Å². The van der Waals surface area contributed by atoms with Gasteiger partial charge in [-0.1, -0.05) is 0 Å². The molecule has 1 aliphatic heterocycles. The van der Waals surface area contributed by atoms with Gasteiger partial charge < -0.3 is 15.5 Å². The molecule has 2 heterocycles. The largest absolute Gasteiger partial charge is 0.398 e. The second kappa shape index (κ2) is 6.55. The van der Waals surface area contributed by atoms with E-state index < -0.39 is 0 Å². The average molecular weight is 276 g/mol. The second-order valence-electron chi connectivity index (χ2n) is 6.37. The minimum Gasteiger partial charge on any atom is -0.398 e. The Morgan fingerprint density at radius 1 is 1.35 bits per heavy atom. The predicted molar refractivity (Wildman–Crippen MR) is 84.7 cm³/mol. The van der Waals surface area contributed by atoms with Crippen LogP contribution in [0.1, 0.15) is 29.7 Å². The third kappa shape index (κ3) is 3.70. The fraction of sp³-hybridized carbons (Fsp3) is 0.688. The Kier molecular flexibility index (Phi) is 5.00. The summed E-state index contributed by atoms with van der Waals surface area (Å²) >= 11 is 0. The molecule has 1 aromatic heterocycles. The number of piperidine rings is 1. The van der Waals surface area contributed by atoms with E-state index >= 15 is 0 Å². The van der Waals surface area contributed by atoms with Gasteiger partial charge in [-0.25, -0.2) is 0 Å². The number of aryl methyl sites for hydroxylation is 1. The van der Waals surface area contributed by atoms with Crippen LogP contribution < -0.4 is 5.73 Å². The fourth-order valence-corrected chi connectivity index (χ4v) is 2.96. The third-order valence-corrected chi connectivity index (χ3v) is 4.50. The molecule has 4 nitrogen and oxygen atoms in total. The fourth-order valence-electron chi connectivity index (χ4n) is 2.96. The summed E-state index contributed by atoms with van der Waals surface area (Å²) in [4.78, 5) is 9.36. The maximum absolute atomic E-state index is 6.09. The molecule has 0 bridgehead atoms. The summed E-state index contributed by atoms with van der Waals surface area (Å²) in [5, 5.41) is 0. The van der Waals surface area contributed by atoms with Crippen molar-refractivity contribution in [3.05, 3.63) is 23.0 Å². The zero-order valence-corrected chi connectivity index (χ0v) is 13.3. The molecule has 112 valence electrons. The lowest BCUT2D eigenvalue weighted by atomic mass is 9.96. The van der Waals surface area contributed by atoms with Crippen LogP contribution in [0.5, 0.6) is 0 Å². The zero-order chi connectivity index (χ0) is 14.7. The first-order chi connectivity index (χ1) is 9.47. The number of pyridine rings is 1. The van der Waals surface area contributed by atoms with Crippen LogP contribution in [0, 0.1) is 19.8 Å². The van der Waals surface area contributed by atoms with Gasteiger partial charge in [0, 0.05) is 25.0 Å². The van der Waals surface area contributed by atoms with Crippen LogP contribution in [0.3, 0.4) is 0 Å². The summed E-state index contributed by atoms with van der Waals surface area (Å²) < 4.78 is 0. The van der Waals surface area contributed by atoms with Crippen molar-refractivity contribution in [3.63, 3.8) is 0 Å². The van der Waals surface area contributed by atoms with Crippen molar-refractivity contribution in [2.45, 2.75) is 33.2 Å². The van der Waals surface area contributed by atoms with Crippen LogP contribution in [0.4, 0.5) is 5.69 Å². The Balaban J connectivity index is 1.91. The highest BCUT2D eigenvalue weighted by Gasteiger charge is 2.18. The van der Waals surface area contributed by atoms with Crippen LogP contribution >= 0.6 is 0 Å². The van der Waals surface area contributed by atoms with E-state index in [0.717, 1.165) is 41.5 Å². The molecule has 20 heavy (non-hydrogen) atoms. The molecule has 0 aromatic carbocycles. The smallest absolute Gasteiger partial charge is 0.0593 e. The van der Waals surface area contributed by atoms with Crippen molar-refractivity contribution in [1.82, 2.24) is 14.8 Å². The van der Waals surface area contributed by atoms with Crippen molar-refractivity contribution in [3.8, 4) is 0 Å². The summed E-state index contributed by atoms with van der Waals surface area (Å²) in [6.07, 6.45) is 4.51. The number of hydrogen-bond acceptors (Lipinski definition) is 4. The summed E-state index contributed by atoms with van der Waals surface area (Å²) in [5.74, 6) is 0.819. The number of nitrogens with two attached hydrogens (primary N) is 1. The second-order valence-corrected chi connectivity index (χ2v) is 6.37. The number of nitrogens with zero attached hydrogens (tertiary/aromatic N) is 3. The maximum Gasteiger partial charge on any atom is 0.0593 e. The summed E-state index contributed by atoms with van der Waals surface area (Å²) in [5.41, 5.74) is 10.3. The zero-order valence-electron chi connectivity index (χ0n) is 13.3. The van der Waals surface area contributed by atoms with E-state index in [1.165, 1.54) is 25.9 Å². The molecule has 1 fully saturated rings. The van der Waals surface area contributed by atoms with Crippen molar-refractivity contribution >= 4 is 5.69 Å². The van der Waals surface area contributed by atoms with Crippen molar-refractivity contribution < 1.29 is 0 Å². The van der Waals surface area contributed by atoms with Gasteiger partial charge in [-0.2, -0.15) is 0 Å². The van der Waals surface area contributed by atoms with E-state index in [-0.39, 0.29) is 0 Å². The molecular formula is C16H28N4. The van der Waals surface area contributed by atoms with E-state index in [4.69, 9.17) is 5.73 Å². The predicted octanol–water partition coefficient (Wildman–Crippen LogP) is 2.05. The van der Waals surface area contributed by atoms with Crippen LogP contribution in [0.25, 0.3) is 0 Å². The minimum atomic E-state index is 0.819. The molecule has 0 amide bonds. The molecule has 0 aliphatic carbocycles. The molecule has 2 rings (SSSR count). The molecule has 1 aliphatic rings. The van der Waals surface area contributed by atoms with Crippen LogP contribution in [-0.4, -0.2) is 48.5 Å². The molecule has 0 atom stereocenters. The number of hydrogen-bond donors (Lipinski definition) is 1. The molecular weight excluding hydrogens is 248 g/mol. The van der Waals surface area contributed by atoms with Gasteiger partial charge >= 0.3 is 0 Å². The van der Waals surface area contributed by atoms with Crippen molar-refractivity contribution in [1.29, 1.82) is 0 Å². The molecule has 2 N–H and O–H groups in total. The Hall–Kier alpha value is -1.13. The first kappa shape index (κ1) is 15.3. The van der Waals surface area contributed by atoms with E-state index in [1.54, 1.807) is 0 Å². The lowest BCUT2D eigenvalue weighted by molar-refractivity contribution is 0.172. The number of aromatic nitrogens is 1. The highest BCUT2D eigenvalue weighted by molar-refractivity contribution is 5.53. The maximum atomic E-state index is 6.09. The number of rotatable bonds is 4. The number of likely N-dealkylation sites (tertiary alicyclic amines) is 1. The van der Waals surface area contributed by atoms with Crippen LogP contribution in [0.2, 0.25) is 0 Å². The lowest BCUT2D eigenvalue weighted by Crippen LogP contribution is -2.35. The van der Waals surface area contributed by atoms with Gasteiger partial charge in [-0.05, 0) is 70.9 Å². The van der Waals surface area contributed by atoms with Gasteiger partial charge in [0.1, 0.15) is 0 Å². The van der Waals surface area contributed by atoms with Gasteiger partial charge in [0.2, 0.25) is 0 Å². The highest BCUT2D eigenvalue weighted by atomic mass is 15.1. The summed E-state index contributed by atoms with van der Waals surface area (Å²) in [6, 6.07) is 0. The van der Waals surface area contributed by atoms with Gasteiger partial charge in [0.05, 0.1) is 5.69 Å². The average Bonchev–Trinajstić information content (AvgIpc) is 2.42. The monoisotopic (exact) mass is 276 g/mol. The first-order valence-corrected chi connectivity index (χ1v) is 7.55. The van der Waals surface area contributed by atoms with E-state index in [1.807, 2.05) is 13.1 Å². The Bertz CT molecular complexity index is 450. The Morgan fingerprint density at radius 3 is 2.65 bits per heavy atom. The highest BCUT2D eigenvalue weighted by Crippen LogP contribution is 2.21. The van der Waals surface area contributed by atoms with Crippen molar-refractivity contribution in [2.24, 2.45) is 5.92 Å². The van der Waals surface area contributed by atoms with Gasteiger partial charge in [-0.15, -0.1) is 0 Å². The standard InChI is InChI=1S/C16H28N4/c1-12-9-18-15(13(2)16(12)17)11-20(4)10-14-5-7-19(3)8-6-14/h9,14H,5-8,10-11H2,1-4H3,(H2,17,18). The van der Waals surface area contributed by atoms with Crippen LogP contribution in [-0.2, 0) is 6.54 Å². The van der Waals surface area contributed by atoms with Gasteiger partial charge in [0.15, 0.2) is 0 Å². The number of anilines is 1.